The summed E-state index contributed by atoms with van der Waals surface area (Å²) in [7, 11) is 0. The highest BCUT2D eigenvalue weighted by atomic mass is 35.5. The molecule has 10 nitrogen and oxygen atoms in total. The van der Waals surface area contributed by atoms with E-state index in [-0.39, 0.29) is 42.7 Å². The van der Waals surface area contributed by atoms with Gasteiger partial charge < -0.3 is 4.74 Å². The molecule has 18 heteroatoms. The third kappa shape index (κ3) is 4.99. The first-order chi connectivity index (χ1) is 22.5. The quantitative estimate of drug-likeness (QED) is 0.0736. The standard InChI is InChI=1S/C30H15Cl8N3O7/c31-18-10-3-14(11-19(18)32)25(43)39(12-20(42)13-1-6-16(7-2-13)48-17-8-4-15(5-9-17)41(46)47)40-26(44)21-22(27(40)45)29(36)24(34)23(33)28(21,35)30(29,37)38/h1-11,21-22H,12H2/t21-,22-,28-,29-/m1/s1. The second-order valence-corrected chi connectivity index (χ2v) is 15.0. The highest BCUT2D eigenvalue weighted by molar-refractivity contribution is 6.66. The van der Waals surface area contributed by atoms with Crippen molar-refractivity contribution in [3.05, 3.63) is 108 Å². The number of rotatable bonds is 8. The van der Waals surface area contributed by atoms with E-state index in [1.165, 1.54) is 66.7 Å². The van der Waals surface area contributed by atoms with Gasteiger partial charge in [0, 0.05) is 23.3 Å². The molecule has 0 radical (unpaired) electrons. The number of carbonyl (C=O) groups is 4. The molecule has 0 aromatic heterocycles. The maximum Gasteiger partial charge on any atom is 0.273 e. The zero-order valence-electron chi connectivity index (χ0n) is 23.4. The number of carbonyl (C=O) groups excluding carboxylic acids is 4. The number of hydrazine groups is 1. The predicted octanol–water partition coefficient (Wildman–Crippen LogP) is 8.38. The molecule has 6 rings (SSSR count). The zero-order chi connectivity index (χ0) is 35.1. The Bertz CT molecular complexity index is 1930. The Morgan fingerprint density at radius 2 is 1.25 bits per heavy atom. The summed E-state index contributed by atoms with van der Waals surface area (Å²) >= 11 is 51.7. The van der Waals surface area contributed by atoms with Crippen LogP contribution >= 0.6 is 92.8 Å². The van der Waals surface area contributed by atoms with Crippen LogP contribution in [0.2, 0.25) is 10.0 Å². The Kier molecular flexibility index (Phi) is 8.91. The van der Waals surface area contributed by atoms with Gasteiger partial charge in [0.15, 0.2) is 10.1 Å². The summed E-state index contributed by atoms with van der Waals surface area (Å²) in [5.74, 6) is -6.34. The van der Waals surface area contributed by atoms with E-state index in [1.54, 1.807) is 0 Å². The van der Waals surface area contributed by atoms with Crippen molar-refractivity contribution in [1.29, 1.82) is 0 Å². The minimum Gasteiger partial charge on any atom is -0.457 e. The lowest BCUT2D eigenvalue weighted by molar-refractivity contribution is -0.384. The first kappa shape index (κ1) is 35.0. The highest BCUT2D eigenvalue weighted by Crippen LogP contribution is 2.77. The van der Waals surface area contributed by atoms with Crippen LogP contribution in [-0.4, -0.2) is 59.1 Å². The molecule has 4 atom stereocenters. The molecule has 1 aliphatic heterocycles. The van der Waals surface area contributed by atoms with Gasteiger partial charge in [-0.3, -0.25) is 29.3 Å². The molecular formula is C30H15Cl8N3O7. The molecule has 2 fully saturated rings. The number of ether oxygens (including phenoxy) is 1. The lowest BCUT2D eigenvalue weighted by Crippen LogP contribution is -2.56. The number of hydrogen-bond donors (Lipinski definition) is 0. The first-order valence-corrected chi connectivity index (χ1v) is 16.5. The number of imide groups is 1. The molecule has 0 N–H and O–H groups in total. The van der Waals surface area contributed by atoms with Crippen molar-refractivity contribution in [1.82, 2.24) is 10.0 Å². The van der Waals surface area contributed by atoms with Gasteiger partial charge in [0.2, 0.25) is 0 Å². The molecule has 1 saturated heterocycles. The van der Waals surface area contributed by atoms with Gasteiger partial charge in [0.05, 0.1) is 36.9 Å². The van der Waals surface area contributed by atoms with Crippen LogP contribution in [0.4, 0.5) is 5.69 Å². The minimum atomic E-state index is -2.21. The number of hydrogen-bond acceptors (Lipinski definition) is 7. The van der Waals surface area contributed by atoms with Crippen molar-refractivity contribution in [3.8, 4) is 11.5 Å². The van der Waals surface area contributed by atoms with Crippen LogP contribution in [0.3, 0.4) is 0 Å². The summed E-state index contributed by atoms with van der Waals surface area (Å²) in [4.78, 5) is 61.8. The average Bonchev–Trinajstić information content (AvgIpc) is 3.44. The van der Waals surface area contributed by atoms with E-state index in [0.717, 1.165) is 0 Å². The smallest absolute Gasteiger partial charge is 0.273 e. The molecule has 2 aliphatic carbocycles. The van der Waals surface area contributed by atoms with Crippen LogP contribution in [0.1, 0.15) is 20.7 Å². The van der Waals surface area contributed by atoms with Crippen LogP contribution in [-0.2, 0) is 9.59 Å². The Morgan fingerprint density at radius 3 is 1.73 bits per heavy atom. The monoisotopic (exact) mass is 809 g/mol. The van der Waals surface area contributed by atoms with Crippen LogP contribution in [0.15, 0.2) is 76.8 Å². The number of ketones is 1. The largest absolute Gasteiger partial charge is 0.457 e. The van der Waals surface area contributed by atoms with E-state index in [0.29, 0.717) is 15.8 Å². The van der Waals surface area contributed by atoms with Crippen molar-refractivity contribution in [3.63, 3.8) is 0 Å². The van der Waals surface area contributed by atoms with Crippen molar-refractivity contribution in [2.75, 3.05) is 6.54 Å². The summed E-state index contributed by atoms with van der Waals surface area (Å²) in [6.07, 6.45) is 0. The number of Topliss-reactive ketones (excluding diaryl/α,β-unsaturated/α-hetero) is 1. The molecule has 3 aromatic rings. The van der Waals surface area contributed by atoms with Gasteiger partial charge in [-0.1, -0.05) is 69.6 Å². The summed E-state index contributed by atoms with van der Waals surface area (Å²) in [5.41, 5.74) is -0.179. The predicted molar refractivity (Wildman–Crippen MR) is 181 cm³/mol. The third-order valence-electron chi connectivity index (χ3n) is 8.28. The Hall–Kier alpha value is -2.80. The number of fused-ring (bicyclic) bond motifs is 5. The molecule has 3 amide bonds. The molecule has 1 heterocycles. The topological polar surface area (TPSA) is 127 Å². The number of non-ortho nitro benzene ring substituents is 1. The number of allylic oxidation sites excluding steroid dienone is 2. The number of alkyl halides is 4. The minimum absolute atomic E-state index is 0.0114. The molecule has 0 spiro atoms. The van der Waals surface area contributed by atoms with Gasteiger partial charge in [-0.15, -0.1) is 23.2 Å². The van der Waals surface area contributed by atoms with Crippen molar-refractivity contribution in [2.45, 2.75) is 14.1 Å². The van der Waals surface area contributed by atoms with Gasteiger partial charge in [-0.2, -0.15) is 5.01 Å². The Balaban J connectivity index is 1.32. The average molecular weight is 813 g/mol. The van der Waals surface area contributed by atoms with Crippen LogP contribution in [0, 0.1) is 22.0 Å². The van der Waals surface area contributed by atoms with Crippen LogP contribution in [0.25, 0.3) is 0 Å². The summed E-state index contributed by atoms with van der Waals surface area (Å²) in [6.45, 7) is -0.828. The van der Waals surface area contributed by atoms with Gasteiger partial charge in [0.1, 0.15) is 27.8 Å². The zero-order valence-corrected chi connectivity index (χ0v) is 29.5. The van der Waals surface area contributed by atoms with E-state index in [9.17, 15) is 29.3 Å². The summed E-state index contributed by atoms with van der Waals surface area (Å²) in [5, 5.41) is 11.5. The fourth-order valence-corrected chi connectivity index (χ4v) is 9.17. The van der Waals surface area contributed by atoms with E-state index >= 15 is 0 Å². The summed E-state index contributed by atoms with van der Waals surface area (Å²) in [6, 6.07) is 14.8. The van der Waals surface area contributed by atoms with Gasteiger partial charge >= 0.3 is 0 Å². The summed E-state index contributed by atoms with van der Waals surface area (Å²) < 4.78 is 3.47. The molecule has 3 aliphatic rings. The van der Waals surface area contributed by atoms with E-state index in [1.807, 2.05) is 0 Å². The SMILES string of the molecule is O=C(CN(C(=O)c1ccc(Cl)c(Cl)c1)N1C(=O)[C@H]2[C@H](C1=O)[C@@]1(Cl)C(Cl)=C(Cl)[C@@]2(Cl)C1(Cl)Cl)c1ccc(Oc2ccc([N+](=O)[O-])cc2)cc1. The van der Waals surface area contributed by atoms with Crippen LogP contribution < -0.4 is 4.74 Å². The van der Waals surface area contributed by atoms with Gasteiger partial charge in [-0.05, 0) is 54.6 Å². The second kappa shape index (κ2) is 12.2. The Morgan fingerprint density at radius 1 is 0.771 bits per heavy atom. The number of nitro groups is 1. The lowest BCUT2D eigenvalue weighted by atomic mass is 9.84. The molecule has 48 heavy (non-hydrogen) atoms. The second-order valence-electron chi connectivity index (χ2n) is 10.9. The molecule has 2 bridgehead atoms. The van der Waals surface area contributed by atoms with Gasteiger partial charge in [-0.25, -0.2) is 5.01 Å². The maximum atomic E-state index is 14.1. The number of halogens is 8. The van der Waals surface area contributed by atoms with Crippen molar-refractivity contribution >= 4 is 122 Å². The number of amides is 3. The molecular weight excluding hydrogens is 798 g/mol. The fourth-order valence-electron chi connectivity index (χ4n) is 5.94. The van der Waals surface area contributed by atoms with Gasteiger partial charge in [0.25, 0.3) is 23.4 Å². The van der Waals surface area contributed by atoms with Crippen molar-refractivity contribution in [2.24, 2.45) is 11.8 Å². The van der Waals surface area contributed by atoms with Crippen molar-refractivity contribution < 1.29 is 28.8 Å². The molecule has 3 aromatic carbocycles. The number of nitro benzene ring substituents is 1. The van der Waals surface area contributed by atoms with E-state index in [2.05, 4.69) is 0 Å². The number of benzene rings is 3. The lowest BCUT2D eigenvalue weighted by Gasteiger charge is -2.36. The highest BCUT2D eigenvalue weighted by Gasteiger charge is 2.88. The van der Waals surface area contributed by atoms with E-state index < -0.39 is 60.9 Å². The maximum absolute atomic E-state index is 14.1. The number of nitrogens with zero attached hydrogens (tertiary/aromatic N) is 3. The van der Waals surface area contributed by atoms with E-state index in [4.69, 9.17) is 97.5 Å². The molecule has 1 saturated carbocycles. The fraction of sp³-hybridized carbons (Fsp3) is 0.200. The molecule has 248 valence electrons. The third-order valence-corrected chi connectivity index (χ3v) is 13.3. The van der Waals surface area contributed by atoms with Crippen LogP contribution in [0.5, 0.6) is 11.5 Å². The normalized spacial score (nSPS) is 25.4. The molecule has 0 unspecified atom stereocenters. The first-order valence-electron chi connectivity index (χ1n) is 13.5. The Labute approximate surface area is 311 Å².